The summed E-state index contributed by atoms with van der Waals surface area (Å²) in [6.45, 7) is 19.1. The molecule has 2 unspecified atom stereocenters. The van der Waals surface area contributed by atoms with E-state index in [-0.39, 0.29) is 23.9 Å². The largest absolute Gasteiger partial charge is 0.466 e. The van der Waals surface area contributed by atoms with Gasteiger partial charge in [0.05, 0.1) is 26.4 Å². The predicted octanol–water partition coefficient (Wildman–Crippen LogP) is 14.5. The molecule has 0 aliphatic rings. The molecule has 0 fully saturated rings. The van der Waals surface area contributed by atoms with Crippen molar-refractivity contribution in [1.29, 1.82) is 0 Å². The summed E-state index contributed by atoms with van der Waals surface area (Å²) in [4.78, 5) is 46.5. The Kier molecular flexibility index (Phi) is 44.4. The minimum absolute atomic E-state index is 0.0221. The van der Waals surface area contributed by atoms with Gasteiger partial charge in [0.1, 0.15) is 0 Å². The molecule has 0 radical (unpaired) electrons. The normalized spacial score (nSPS) is 12.2. The average molecular weight is 825 g/mol. The van der Waals surface area contributed by atoms with Crippen molar-refractivity contribution in [1.82, 2.24) is 0 Å². The molecule has 0 aliphatic carbocycles. The molecular formula is C50H96O8. The SMILES string of the molecule is CCC(CCCCCCCCCCC(=O)OCC(C)C)CCC(=O)OCC(C)C.CCCCOC(=O)CCCCCCCCCCC(CC)CCC(=O)OCCCC. The molecule has 0 amide bonds. The van der Waals surface area contributed by atoms with Crippen molar-refractivity contribution in [2.75, 3.05) is 26.4 Å². The summed E-state index contributed by atoms with van der Waals surface area (Å²) >= 11 is 0. The Morgan fingerprint density at radius 1 is 0.345 bits per heavy atom. The van der Waals surface area contributed by atoms with Crippen molar-refractivity contribution in [2.24, 2.45) is 23.7 Å². The Bertz CT molecular complexity index is 933. The van der Waals surface area contributed by atoms with Gasteiger partial charge in [0.25, 0.3) is 0 Å². The van der Waals surface area contributed by atoms with Crippen LogP contribution in [0.1, 0.15) is 248 Å². The van der Waals surface area contributed by atoms with Crippen molar-refractivity contribution < 1.29 is 38.1 Å². The van der Waals surface area contributed by atoms with Gasteiger partial charge in [-0.2, -0.15) is 0 Å². The van der Waals surface area contributed by atoms with E-state index in [0.717, 1.165) is 77.0 Å². The molecule has 8 heteroatoms. The Balaban J connectivity index is 0. The second-order valence-electron chi connectivity index (χ2n) is 17.7. The zero-order valence-electron chi connectivity index (χ0n) is 39.6. The number of unbranched alkanes of at least 4 members (excludes halogenated alkanes) is 16. The molecule has 58 heavy (non-hydrogen) atoms. The van der Waals surface area contributed by atoms with Gasteiger partial charge < -0.3 is 18.9 Å². The molecule has 0 saturated heterocycles. The minimum atomic E-state index is -0.0441. The highest BCUT2D eigenvalue weighted by atomic mass is 16.5. The summed E-state index contributed by atoms with van der Waals surface area (Å²) in [5.74, 6) is 2.00. The molecule has 0 bridgehead atoms. The first-order valence-electron chi connectivity index (χ1n) is 24.6. The van der Waals surface area contributed by atoms with Crippen LogP contribution in [-0.2, 0) is 38.1 Å². The van der Waals surface area contributed by atoms with E-state index in [1.54, 1.807) is 0 Å². The van der Waals surface area contributed by atoms with Crippen LogP contribution < -0.4 is 0 Å². The highest BCUT2D eigenvalue weighted by Gasteiger charge is 2.12. The Hall–Kier alpha value is -2.12. The standard InChI is InChI=1S/2C25H48O4/c1-6-23(17-18-25(27)29-20-22(4)5)15-13-11-9-7-8-10-12-14-16-24(26)28-19-21(2)3;1-4-7-21-28-24(26)18-16-14-12-10-9-11-13-15-17-23(6-3)19-20-25(27)29-22-8-5-2/h21-23H,6-20H2,1-5H3;23H,4-22H2,1-3H3. The third kappa shape index (κ3) is 45.0. The van der Waals surface area contributed by atoms with Crippen molar-refractivity contribution in [3.63, 3.8) is 0 Å². The van der Waals surface area contributed by atoms with E-state index in [4.69, 9.17) is 18.9 Å². The van der Waals surface area contributed by atoms with Crippen LogP contribution in [0.5, 0.6) is 0 Å². The van der Waals surface area contributed by atoms with Crippen LogP contribution in [0.4, 0.5) is 0 Å². The molecule has 0 aliphatic heterocycles. The molecule has 344 valence electrons. The minimum Gasteiger partial charge on any atom is -0.466 e. The van der Waals surface area contributed by atoms with Gasteiger partial charge in [0.2, 0.25) is 0 Å². The first-order chi connectivity index (χ1) is 28.0. The van der Waals surface area contributed by atoms with Gasteiger partial charge in [-0.25, -0.2) is 0 Å². The lowest BCUT2D eigenvalue weighted by Gasteiger charge is -2.14. The molecule has 0 aromatic heterocycles. The summed E-state index contributed by atoms with van der Waals surface area (Å²) < 4.78 is 20.9. The summed E-state index contributed by atoms with van der Waals surface area (Å²) in [6.07, 6.45) is 32.5. The monoisotopic (exact) mass is 825 g/mol. The van der Waals surface area contributed by atoms with E-state index in [1.165, 1.54) is 89.9 Å². The molecule has 0 aromatic rings. The summed E-state index contributed by atoms with van der Waals surface area (Å²) in [5.41, 5.74) is 0. The Labute approximate surface area is 359 Å². The second kappa shape index (κ2) is 44.4. The van der Waals surface area contributed by atoms with E-state index in [1.807, 2.05) is 0 Å². The molecule has 0 spiro atoms. The van der Waals surface area contributed by atoms with Gasteiger partial charge in [0, 0.05) is 25.7 Å². The van der Waals surface area contributed by atoms with Gasteiger partial charge in [-0.05, 0) is 62.2 Å². The van der Waals surface area contributed by atoms with E-state index < -0.39 is 0 Å². The molecule has 0 N–H and O–H groups in total. The van der Waals surface area contributed by atoms with E-state index in [0.29, 0.717) is 75.8 Å². The summed E-state index contributed by atoms with van der Waals surface area (Å²) in [7, 11) is 0. The van der Waals surface area contributed by atoms with Crippen LogP contribution in [0.15, 0.2) is 0 Å². The van der Waals surface area contributed by atoms with E-state index in [2.05, 4.69) is 55.4 Å². The Morgan fingerprint density at radius 3 is 0.966 bits per heavy atom. The van der Waals surface area contributed by atoms with Crippen LogP contribution in [0, 0.1) is 23.7 Å². The summed E-state index contributed by atoms with van der Waals surface area (Å²) in [6, 6.07) is 0. The second-order valence-corrected chi connectivity index (χ2v) is 17.7. The molecule has 0 aromatic carbocycles. The van der Waals surface area contributed by atoms with Gasteiger partial charge in [-0.3, -0.25) is 19.2 Å². The quantitative estimate of drug-likeness (QED) is 0.0342. The molecule has 2 atom stereocenters. The lowest BCUT2D eigenvalue weighted by molar-refractivity contribution is -0.145. The van der Waals surface area contributed by atoms with Gasteiger partial charge >= 0.3 is 23.9 Å². The molecule has 0 rings (SSSR count). The van der Waals surface area contributed by atoms with Crippen LogP contribution in [0.3, 0.4) is 0 Å². The fourth-order valence-corrected chi connectivity index (χ4v) is 6.74. The number of hydrogen-bond donors (Lipinski definition) is 0. The lowest BCUT2D eigenvalue weighted by Crippen LogP contribution is -2.11. The zero-order valence-corrected chi connectivity index (χ0v) is 39.6. The third-order valence-corrected chi connectivity index (χ3v) is 10.8. The number of esters is 4. The fourth-order valence-electron chi connectivity index (χ4n) is 6.74. The smallest absolute Gasteiger partial charge is 0.305 e. The third-order valence-electron chi connectivity index (χ3n) is 10.8. The molecular weight excluding hydrogens is 729 g/mol. The van der Waals surface area contributed by atoms with E-state index in [9.17, 15) is 19.2 Å². The van der Waals surface area contributed by atoms with Gasteiger partial charge in [-0.1, -0.05) is 184 Å². The van der Waals surface area contributed by atoms with Crippen LogP contribution in [-0.4, -0.2) is 50.3 Å². The van der Waals surface area contributed by atoms with Crippen molar-refractivity contribution in [3.8, 4) is 0 Å². The Morgan fingerprint density at radius 2 is 0.638 bits per heavy atom. The molecule has 8 nitrogen and oxygen atoms in total. The first kappa shape index (κ1) is 58.0. The highest BCUT2D eigenvalue weighted by molar-refractivity contribution is 5.70. The number of ether oxygens (including phenoxy) is 4. The number of hydrogen-bond acceptors (Lipinski definition) is 8. The lowest BCUT2D eigenvalue weighted by atomic mass is 9.93. The zero-order chi connectivity index (χ0) is 43.5. The van der Waals surface area contributed by atoms with Crippen LogP contribution in [0.25, 0.3) is 0 Å². The topological polar surface area (TPSA) is 105 Å². The van der Waals surface area contributed by atoms with Crippen molar-refractivity contribution >= 4 is 23.9 Å². The first-order valence-corrected chi connectivity index (χ1v) is 24.6. The summed E-state index contributed by atoms with van der Waals surface area (Å²) in [5, 5.41) is 0. The van der Waals surface area contributed by atoms with E-state index >= 15 is 0 Å². The molecule has 0 heterocycles. The van der Waals surface area contributed by atoms with Crippen molar-refractivity contribution in [2.45, 2.75) is 248 Å². The van der Waals surface area contributed by atoms with Gasteiger partial charge in [0.15, 0.2) is 0 Å². The maximum absolute atomic E-state index is 11.7. The van der Waals surface area contributed by atoms with Crippen LogP contribution in [0.2, 0.25) is 0 Å². The maximum atomic E-state index is 11.7. The fraction of sp³-hybridized carbons (Fsp3) is 0.920. The number of carbonyl (C=O) groups is 4. The number of carbonyl (C=O) groups excluding carboxylic acids is 4. The predicted molar refractivity (Wildman–Crippen MR) is 242 cm³/mol. The molecule has 0 saturated carbocycles. The van der Waals surface area contributed by atoms with Gasteiger partial charge in [-0.15, -0.1) is 0 Å². The van der Waals surface area contributed by atoms with Crippen molar-refractivity contribution in [3.05, 3.63) is 0 Å². The average Bonchev–Trinajstić information content (AvgIpc) is 3.20. The maximum Gasteiger partial charge on any atom is 0.305 e. The van der Waals surface area contributed by atoms with Crippen LogP contribution >= 0.6 is 0 Å². The highest BCUT2D eigenvalue weighted by Crippen LogP contribution is 2.22. The number of rotatable bonds is 40.